The highest BCUT2D eigenvalue weighted by Crippen LogP contribution is 2.54. The van der Waals surface area contributed by atoms with Gasteiger partial charge < -0.3 is 0 Å². The van der Waals surface area contributed by atoms with Crippen LogP contribution >= 0.6 is 0 Å². The summed E-state index contributed by atoms with van der Waals surface area (Å²) < 4.78 is 0. The van der Waals surface area contributed by atoms with Crippen LogP contribution in [-0.2, 0) is 16.2 Å². The van der Waals surface area contributed by atoms with E-state index in [1.165, 1.54) is 110 Å². The molecule has 0 bridgehead atoms. The second-order valence-corrected chi connectivity index (χ2v) is 39.4. The van der Waals surface area contributed by atoms with Gasteiger partial charge in [0.1, 0.15) is 11.6 Å². The molecule has 0 radical (unpaired) electrons. The van der Waals surface area contributed by atoms with Crippen molar-refractivity contribution in [3.63, 3.8) is 0 Å². The average molecular weight is 1210 g/mol. The summed E-state index contributed by atoms with van der Waals surface area (Å²) in [6.07, 6.45) is 13.1. The second-order valence-electron chi connectivity index (χ2n) is 29.2. The molecule has 91 heavy (non-hydrogen) atoms. The summed E-state index contributed by atoms with van der Waals surface area (Å²) in [5, 5.41) is 7.50. The van der Waals surface area contributed by atoms with Crippen LogP contribution in [0.2, 0.25) is 39.3 Å². The van der Waals surface area contributed by atoms with Gasteiger partial charge in [-0.25, -0.2) is 9.97 Å². The Bertz CT molecular complexity index is 4670. The Hall–Kier alpha value is -9.47. The van der Waals surface area contributed by atoms with E-state index in [0.717, 1.165) is 45.2 Å². The van der Waals surface area contributed by atoms with Gasteiger partial charge in [0.25, 0.3) is 0 Å². The first-order chi connectivity index (χ1) is 43.6. The number of hydrogen-bond acceptors (Lipinski definition) is 4. The zero-order chi connectivity index (χ0) is 62.9. The molecule has 0 fully saturated rings. The molecule has 4 nitrogen and oxygen atoms in total. The maximum atomic E-state index is 5.08. The summed E-state index contributed by atoms with van der Waals surface area (Å²) in [6, 6.07) is 82.1. The third-order valence-electron chi connectivity index (χ3n) is 20.3. The third-order valence-corrected chi connectivity index (χ3v) is 24.4. The zero-order valence-electron chi connectivity index (χ0n) is 54.5. The van der Waals surface area contributed by atoms with E-state index in [1.807, 2.05) is 12.4 Å². The number of anilines is 6. The Balaban J connectivity index is 0.671. The fraction of sp³-hybridized carbons (Fsp3) is 0.176. The Kier molecular flexibility index (Phi) is 13.6. The molecule has 10 aromatic carbocycles. The lowest BCUT2D eigenvalue weighted by Gasteiger charge is -2.28. The van der Waals surface area contributed by atoms with Crippen molar-refractivity contribution in [3.8, 4) is 33.4 Å². The molecule has 2 aromatic heterocycles. The summed E-state index contributed by atoms with van der Waals surface area (Å²) >= 11 is 0. The van der Waals surface area contributed by atoms with E-state index >= 15 is 0 Å². The Morgan fingerprint density at radius 2 is 0.571 bits per heavy atom. The van der Waals surface area contributed by atoms with Gasteiger partial charge in [0.05, 0.1) is 16.1 Å². The summed E-state index contributed by atoms with van der Waals surface area (Å²) in [5.74, 6) is 1.88. The molecule has 3 aliphatic rings. The van der Waals surface area contributed by atoms with Crippen molar-refractivity contribution in [1.29, 1.82) is 0 Å². The number of fused-ring (bicyclic) bond motifs is 11. The first-order valence-corrected chi connectivity index (χ1v) is 39.3. The van der Waals surface area contributed by atoms with Crippen molar-refractivity contribution in [3.05, 3.63) is 286 Å². The van der Waals surface area contributed by atoms with Crippen LogP contribution in [0.15, 0.2) is 231 Å². The van der Waals surface area contributed by atoms with Crippen LogP contribution in [0.3, 0.4) is 0 Å². The Morgan fingerprint density at radius 1 is 0.297 bits per heavy atom. The number of pyridine rings is 2. The van der Waals surface area contributed by atoms with Gasteiger partial charge in [-0.3, -0.25) is 9.80 Å². The first kappa shape index (κ1) is 57.9. The smallest absolute Gasteiger partial charge is 0.145 e. The molecular weight excluding hydrogens is 1130 g/mol. The molecule has 3 aliphatic carbocycles. The van der Waals surface area contributed by atoms with Crippen molar-refractivity contribution in [2.75, 3.05) is 9.80 Å². The molecule has 0 unspecified atom stereocenters. The fourth-order valence-corrected chi connectivity index (χ4v) is 17.2. The summed E-state index contributed by atoms with van der Waals surface area (Å²) in [4.78, 5) is 14.9. The molecule has 0 spiro atoms. The minimum Gasteiger partial charge on any atom is -0.295 e. The predicted octanol–water partition coefficient (Wildman–Crippen LogP) is 22.1. The van der Waals surface area contributed by atoms with Gasteiger partial charge in [0.15, 0.2) is 0 Å². The van der Waals surface area contributed by atoms with E-state index < -0.39 is 16.1 Å². The number of rotatable bonds is 12. The van der Waals surface area contributed by atoms with E-state index in [4.69, 9.17) is 9.97 Å². The highest BCUT2D eigenvalue weighted by atomic mass is 28.3. The van der Waals surface area contributed by atoms with E-state index in [1.54, 1.807) is 0 Å². The lowest BCUT2D eigenvalue weighted by molar-refractivity contribution is 0.660. The number of benzene rings is 10. The first-order valence-electron chi connectivity index (χ1n) is 32.3. The molecule has 6 heteroatoms. The normalized spacial score (nSPS) is 14.8. The van der Waals surface area contributed by atoms with Crippen molar-refractivity contribution in [2.24, 2.45) is 0 Å². The Labute approximate surface area is 540 Å². The zero-order valence-corrected chi connectivity index (χ0v) is 56.5. The van der Waals surface area contributed by atoms with Crippen LogP contribution in [0.4, 0.5) is 34.4 Å². The lowest BCUT2D eigenvalue weighted by atomic mass is 9.81. The molecule has 15 rings (SSSR count). The van der Waals surface area contributed by atoms with E-state index in [9.17, 15) is 0 Å². The molecule has 0 N–H and O–H groups in total. The molecule has 0 saturated carbocycles. The molecule has 0 saturated heterocycles. The highest BCUT2D eigenvalue weighted by Gasteiger charge is 2.39. The van der Waals surface area contributed by atoms with Crippen LogP contribution in [0.25, 0.3) is 79.2 Å². The molecule has 0 amide bonds. The van der Waals surface area contributed by atoms with Gasteiger partial charge in [0, 0.05) is 62.2 Å². The van der Waals surface area contributed by atoms with Crippen LogP contribution in [-0.4, -0.2) is 26.1 Å². The summed E-state index contributed by atoms with van der Waals surface area (Å²) in [5.41, 5.74) is 24.6. The molecule has 0 aliphatic heterocycles. The van der Waals surface area contributed by atoms with Gasteiger partial charge in [0.2, 0.25) is 0 Å². The van der Waals surface area contributed by atoms with Crippen LogP contribution in [0.1, 0.15) is 97.2 Å². The molecule has 12 aromatic rings. The van der Waals surface area contributed by atoms with Crippen LogP contribution in [0.5, 0.6) is 0 Å². The molecule has 0 atom stereocenters. The van der Waals surface area contributed by atoms with Crippen LogP contribution < -0.4 is 20.2 Å². The standard InChI is InChI=1S/C85H78N4Si2/c1-83(2)75-49-55(21-23-57-27-41-71-73-43-33-63(53-79(73)84(3,4)77(71)51-57)88(61-29-35-65(36-30-61)90(7,8)9)81-67-19-15-13-17-59(67)45-47-86-81)25-39-69(75)70-40-26-56(50-76(70)83)22-24-58-28-42-72-74-44-34-64(54-80(74)85(5,6)78(72)52-58)89(62-31-37-66(38-32-62)91(10,11)12)82-68-20-16-14-18-60(68)46-48-87-82/h13-54H,1-12H3. The van der Waals surface area contributed by atoms with Gasteiger partial charge in [-0.05, 0) is 160 Å². The molecule has 446 valence electrons. The average Bonchev–Trinajstić information content (AvgIpc) is 1.61. The minimum absolute atomic E-state index is 0.170. The Morgan fingerprint density at radius 3 is 0.879 bits per heavy atom. The van der Waals surface area contributed by atoms with Crippen molar-refractivity contribution in [1.82, 2.24) is 9.97 Å². The van der Waals surface area contributed by atoms with Crippen LogP contribution in [0, 0.1) is 0 Å². The highest BCUT2D eigenvalue weighted by molar-refractivity contribution is 6.89. The summed E-state index contributed by atoms with van der Waals surface area (Å²) in [7, 11) is -3.00. The number of hydrogen-bond donors (Lipinski definition) is 0. The fourth-order valence-electron chi connectivity index (χ4n) is 14.9. The molecular formula is C85H78N4Si2. The van der Waals surface area contributed by atoms with Crippen molar-refractivity contribution < 1.29 is 0 Å². The van der Waals surface area contributed by atoms with Gasteiger partial charge in [-0.1, -0.05) is 273 Å². The topological polar surface area (TPSA) is 32.3 Å². The second kappa shape index (κ2) is 21.3. The third kappa shape index (κ3) is 9.85. The van der Waals surface area contributed by atoms with Gasteiger partial charge in [-0.2, -0.15) is 0 Å². The van der Waals surface area contributed by atoms with Crippen molar-refractivity contribution in [2.45, 2.75) is 97.1 Å². The maximum Gasteiger partial charge on any atom is 0.145 e. The number of aromatic nitrogens is 2. The SMILES string of the molecule is CC1(C)c2cc(C=Cc3ccc4c(c3)C(C)(C)c3cc(N(c5ccc([Si](C)(C)C)cc5)c5nccc6ccccc56)ccc3-4)ccc2-c2ccc(C=Cc3ccc4c(c3)C(C)(C)c3cc(N(c5ccc([Si](C)(C)C)cc5)c5nccc6ccccc56)ccc3-4)cc21. The van der Waals surface area contributed by atoms with Gasteiger partial charge in [-0.15, -0.1) is 0 Å². The quantitative estimate of drug-likeness (QED) is 0.0901. The summed E-state index contributed by atoms with van der Waals surface area (Å²) in [6.45, 7) is 28.8. The van der Waals surface area contributed by atoms with E-state index in [2.05, 4.69) is 333 Å². The molecule has 2 heterocycles. The van der Waals surface area contributed by atoms with Crippen molar-refractivity contribution >= 4 is 107 Å². The lowest BCUT2D eigenvalue weighted by Crippen LogP contribution is -2.37. The number of nitrogens with zero attached hydrogens (tertiary/aromatic N) is 4. The van der Waals surface area contributed by atoms with E-state index in [-0.39, 0.29) is 16.2 Å². The monoisotopic (exact) mass is 1210 g/mol. The minimum atomic E-state index is -1.50. The largest absolute Gasteiger partial charge is 0.295 e. The maximum absolute atomic E-state index is 5.08. The van der Waals surface area contributed by atoms with E-state index in [0.29, 0.717) is 0 Å². The van der Waals surface area contributed by atoms with Gasteiger partial charge >= 0.3 is 0 Å². The predicted molar refractivity (Wildman–Crippen MR) is 396 cm³/mol.